The van der Waals surface area contributed by atoms with Crippen LogP contribution in [0.3, 0.4) is 0 Å². The van der Waals surface area contributed by atoms with Crippen molar-refractivity contribution in [3.8, 4) is 0 Å². The summed E-state index contributed by atoms with van der Waals surface area (Å²) in [7, 11) is 1.61. The molecule has 0 atom stereocenters. The molecule has 0 radical (unpaired) electrons. The lowest BCUT2D eigenvalue weighted by atomic mass is 10.1. The molecule has 0 saturated heterocycles. The molecular formula is C22H24N4O2. The van der Waals surface area contributed by atoms with Crippen molar-refractivity contribution >= 4 is 28.5 Å². The number of para-hydroxylation sites is 1. The Bertz CT molecular complexity index is 1060. The molecule has 1 aromatic heterocycles. The maximum absolute atomic E-state index is 12.8. The third kappa shape index (κ3) is 4.01. The number of carbonyl (C=O) groups is 2. The molecule has 0 fully saturated rings. The third-order valence-corrected chi connectivity index (χ3v) is 4.80. The molecule has 0 saturated carbocycles. The van der Waals surface area contributed by atoms with Crippen molar-refractivity contribution in [2.24, 2.45) is 0 Å². The van der Waals surface area contributed by atoms with Crippen LogP contribution in [0.5, 0.6) is 0 Å². The molecule has 0 aliphatic carbocycles. The van der Waals surface area contributed by atoms with Crippen molar-refractivity contribution in [2.75, 3.05) is 18.9 Å². The molecule has 0 bridgehead atoms. The lowest BCUT2D eigenvalue weighted by molar-refractivity contribution is -0.116. The molecule has 144 valence electrons. The van der Waals surface area contributed by atoms with Gasteiger partial charge in [0, 0.05) is 18.3 Å². The van der Waals surface area contributed by atoms with Crippen LogP contribution in [0.15, 0.2) is 36.4 Å². The fraction of sp³-hybridized carbons (Fsp3) is 0.273. The molecule has 28 heavy (non-hydrogen) atoms. The number of hydrogen-bond donors (Lipinski definition) is 1. The summed E-state index contributed by atoms with van der Waals surface area (Å²) in [5.41, 5.74) is 6.36. The summed E-state index contributed by atoms with van der Waals surface area (Å²) in [6.07, 6.45) is 0. The fourth-order valence-corrected chi connectivity index (χ4v) is 3.06. The van der Waals surface area contributed by atoms with E-state index in [4.69, 9.17) is 0 Å². The highest BCUT2D eigenvalue weighted by atomic mass is 16.2. The van der Waals surface area contributed by atoms with Gasteiger partial charge in [-0.1, -0.05) is 18.2 Å². The Kier molecular flexibility index (Phi) is 5.40. The van der Waals surface area contributed by atoms with Crippen LogP contribution < -0.4 is 5.32 Å². The SMILES string of the molecule is Cc1cccc(C)c1NC(=O)CN(C)C(=O)c1ccc2nc(C)c(C)nc2c1. The zero-order chi connectivity index (χ0) is 20.4. The van der Waals surface area contributed by atoms with Gasteiger partial charge in [-0.05, 0) is 57.0 Å². The Labute approximate surface area is 164 Å². The standard InChI is InChI=1S/C22H24N4O2/c1-13-7-6-8-14(2)21(13)25-20(27)12-26(5)22(28)17-9-10-18-19(11-17)24-16(4)15(3)23-18/h6-11H,12H2,1-5H3,(H,25,27). The molecule has 6 heteroatoms. The van der Waals surface area contributed by atoms with Crippen molar-refractivity contribution in [1.29, 1.82) is 0 Å². The van der Waals surface area contributed by atoms with Crippen LogP contribution in [0.25, 0.3) is 11.0 Å². The van der Waals surface area contributed by atoms with Crippen LogP contribution in [0, 0.1) is 27.7 Å². The van der Waals surface area contributed by atoms with Crippen molar-refractivity contribution < 1.29 is 9.59 Å². The number of benzene rings is 2. The van der Waals surface area contributed by atoms with E-state index in [-0.39, 0.29) is 18.4 Å². The van der Waals surface area contributed by atoms with E-state index in [0.29, 0.717) is 11.1 Å². The third-order valence-electron chi connectivity index (χ3n) is 4.80. The number of aromatic nitrogens is 2. The number of hydrogen-bond acceptors (Lipinski definition) is 4. The van der Waals surface area contributed by atoms with Crippen molar-refractivity contribution in [3.05, 3.63) is 64.5 Å². The van der Waals surface area contributed by atoms with Crippen molar-refractivity contribution in [2.45, 2.75) is 27.7 Å². The number of likely N-dealkylation sites (N-methyl/N-ethyl adjacent to an activating group) is 1. The molecule has 3 rings (SSSR count). The highest BCUT2D eigenvalue weighted by molar-refractivity contribution is 6.01. The predicted octanol–water partition coefficient (Wildman–Crippen LogP) is 3.57. The number of nitrogens with zero attached hydrogens (tertiary/aromatic N) is 3. The van der Waals surface area contributed by atoms with Gasteiger partial charge in [0.25, 0.3) is 5.91 Å². The molecule has 2 aromatic carbocycles. The van der Waals surface area contributed by atoms with Gasteiger partial charge < -0.3 is 10.2 Å². The number of amides is 2. The van der Waals surface area contributed by atoms with Crippen LogP contribution in [-0.2, 0) is 4.79 Å². The van der Waals surface area contributed by atoms with E-state index in [1.165, 1.54) is 4.90 Å². The molecule has 0 spiro atoms. The number of fused-ring (bicyclic) bond motifs is 1. The van der Waals surface area contributed by atoms with E-state index in [2.05, 4.69) is 15.3 Å². The number of aryl methyl sites for hydroxylation is 4. The largest absolute Gasteiger partial charge is 0.332 e. The lowest BCUT2D eigenvalue weighted by Gasteiger charge is -2.18. The quantitative estimate of drug-likeness (QED) is 0.755. The van der Waals surface area contributed by atoms with Gasteiger partial charge in [-0.25, -0.2) is 9.97 Å². The number of nitrogens with one attached hydrogen (secondary N) is 1. The van der Waals surface area contributed by atoms with E-state index in [1.807, 2.05) is 45.9 Å². The van der Waals surface area contributed by atoms with Crippen molar-refractivity contribution in [3.63, 3.8) is 0 Å². The second kappa shape index (κ2) is 7.76. The van der Waals surface area contributed by atoms with Gasteiger partial charge in [0.05, 0.1) is 29.0 Å². The molecule has 0 aliphatic rings. The van der Waals surface area contributed by atoms with Gasteiger partial charge in [0.15, 0.2) is 0 Å². The second-order valence-electron chi connectivity index (χ2n) is 7.07. The van der Waals surface area contributed by atoms with Gasteiger partial charge in [0.1, 0.15) is 0 Å². The molecule has 1 heterocycles. The first-order valence-corrected chi connectivity index (χ1v) is 9.13. The summed E-state index contributed by atoms with van der Waals surface area (Å²) in [4.78, 5) is 35.6. The first-order chi connectivity index (χ1) is 13.3. The number of carbonyl (C=O) groups excluding carboxylic acids is 2. The molecule has 0 aliphatic heterocycles. The maximum Gasteiger partial charge on any atom is 0.254 e. The predicted molar refractivity (Wildman–Crippen MR) is 111 cm³/mol. The molecule has 6 nitrogen and oxygen atoms in total. The monoisotopic (exact) mass is 376 g/mol. The van der Waals surface area contributed by atoms with Crippen LogP contribution >= 0.6 is 0 Å². The zero-order valence-corrected chi connectivity index (χ0v) is 16.8. The lowest BCUT2D eigenvalue weighted by Crippen LogP contribution is -2.35. The van der Waals surface area contributed by atoms with E-state index >= 15 is 0 Å². The summed E-state index contributed by atoms with van der Waals surface area (Å²) in [5.74, 6) is -0.473. The fourth-order valence-electron chi connectivity index (χ4n) is 3.06. The van der Waals surface area contributed by atoms with E-state index in [0.717, 1.165) is 33.7 Å². The van der Waals surface area contributed by atoms with E-state index < -0.39 is 0 Å². The Morgan fingerprint density at radius 3 is 2.18 bits per heavy atom. The summed E-state index contributed by atoms with van der Waals surface area (Å²) < 4.78 is 0. The Morgan fingerprint density at radius 2 is 1.54 bits per heavy atom. The normalized spacial score (nSPS) is 10.8. The molecule has 3 aromatic rings. The van der Waals surface area contributed by atoms with Gasteiger partial charge >= 0.3 is 0 Å². The molecule has 1 N–H and O–H groups in total. The topological polar surface area (TPSA) is 75.2 Å². The van der Waals surface area contributed by atoms with Crippen molar-refractivity contribution in [1.82, 2.24) is 14.9 Å². The number of rotatable bonds is 4. The maximum atomic E-state index is 12.8. The smallest absolute Gasteiger partial charge is 0.254 e. The van der Waals surface area contributed by atoms with Gasteiger partial charge in [-0.2, -0.15) is 0 Å². The first kappa shape index (κ1) is 19.5. The van der Waals surface area contributed by atoms with Crippen LogP contribution in [-0.4, -0.2) is 40.3 Å². The Balaban J connectivity index is 1.74. The van der Waals surface area contributed by atoms with Crippen LogP contribution in [0.1, 0.15) is 32.9 Å². The summed E-state index contributed by atoms with van der Waals surface area (Å²) in [6.45, 7) is 7.64. The van der Waals surface area contributed by atoms with E-state index in [9.17, 15) is 9.59 Å². The van der Waals surface area contributed by atoms with Gasteiger partial charge in [-0.3, -0.25) is 9.59 Å². The minimum Gasteiger partial charge on any atom is -0.332 e. The first-order valence-electron chi connectivity index (χ1n) is 9.13. The van der Waals surface area contributed by atoms with Gasteiger partial charge in [-0.15, -0.1) is 0 Å². The summed E-state index contributed by atoms with van der Waals surface area (Å²) in [5, 5.41) is 2.90. The van der Waals surface area contributed by atoms with Gasteiger partial charge in [0.2, 0.25) is 5.91 Å². The van der Waals surface area contributed by atoms with Crippen LogP contribution in [0.4, 0.5) is 5.69 Å². The zero-order valence-electron chi connectivity index (χ0n) is 16.8. The summed E-state index contributed by atoms with van der Waals surface area (Å²) in [6, 6.07) is 11.0. The minimum absolute atomic E-state index is 0.0384. The highest BCUT2D eigenvalue weighted by Gasteiger charge is 2.17. The average Bonchev–Trinajstić information content (AvgIpc) is 2.64. The Morgan fingerprint density at radius 1 is 0.929 bits per heavy atom. The highest BCUT2D eigenvalue weighted by Crippen LogP contribution is 2.19. The minimum atomic E-state index is -0.237. The summed E-state index contributed by atoms with van der Waals surface area (Å²) >= 11 is 0. The Hall–Kier alpha value is -3.28. The van der Waals surface area contributed by atoms with E-state index in [1.54, 1.807) is 25.2 Å². The average molecular weight is 376 g/mol. The molecular weight excluding hydrogens is 352 g/mol. The number of anilines is 1. The molecule has 2 amide bonds. The molecule has 0 unspecified atom stereocenters. The second-order valence-corrected chi connectivity index (χ2v) is 7.07. The van der Waals surface area contributed by atoms with Crippen LogP contribution in [0.2, 0.25) is 0 Å².